The van der Waals surface area contributed by atoms with Gasteiger partial charge in [0.2, 0.25) is 5.91 Å². The Hall–Kier alpha value is -2.57. The highest BCUT2D eigenvalue weighted by Gasteiger charge is 2.28. The normalized spacial score (nSPS) is 17.0. The van der Waals surface area contributed by atoms with Crippen molar-refractivity contribution < 1.29 is 19.5 Å². The molecule has 1 aliphatic heterocycles. The van der Waals surface area contributed by atoms with Gasteiger partial charge in [-0.05, 0) is 43.9 Å². The number of rotatable bonds is 6. The number of nitrogens with zero attached hydrogens (tertiary/aromatic N) is 1. The van der Waals surface area contributed by atoms with Gasteiger partial charge < -0.3 is 20.6 Å². The average molecular weight is 347 g/mol. The molecule has 3 N–H and O–H groups in total. The van der Waals surface area contributed by atoms with Crippen molar-refractivity contribution in [3.8, 4) is 0 Å². The van der Waals surface area contributed by atoms with Gasteiger partial charge in [0.15, 0.2) is 0 Å². The van der Waals surface area contributed by atoms with Crippen LogP contribution in [0.3, 0.4) is 0 Å². The molecule has 0 saturated carbocycles. The molecule has 0 aromatic heterocycles. The van der Waals surface area contributed by atoms with Crippen molar-refractivity contribution in [1.29, 1.82) is 0 Å². The molecule has 0 bridgehead atoms. The number of aromatic carboxylic acids is 1. The number of benzene rings is 1. The van der Waals surface area contributed by atoms with Crippen molar-refractivity contribution in [3.63, 3.8) is 0 Å². The largest absolute Gasteiger partial charge is 0.478 e. The molecule has 1 aromatic carbocycles. The molecule has 3 amide bonds. The Morgan fingerprint density at radius 3 is 2.52 bits per heavy atom. The molecule has 7 nitrogen and oxygen atoms in total. The van der Waals surface area contributed by atoms with E-state index in [0.717, 1.165) is 24.8 Å². The number of carboxylic acids is 1. The third kappa shape index (κ3) is 5.48. The Morgan fingerprint density at radius 2 is 1.88 bits per heavy atom. The maximum atomic E-state index is 12.5. The monoisotopic (exact) mass is 347 g/mol. The number of amides is 3. The second-order valence-electron chi connectivity index (χ2n) is 6.16. The number of hydrogen-bond acceptors (Lipinski definition) is 3. The molecule has 1 unspecified atom stereocenters. The van der Waals surface area contributed by atoms with Crippen LogP contribution < -0.4 is 10.6 Å². The first-order valence-corrected chi connectivity index (χ1v) is 8.64. The Labute approximate surface area is 147 Å². The number of urea groups is 1. The lowest BCUT2D eigenvalue weighted by Crippen LogP contribution is -2.50. The van der Waals surface area contributed by atoms with Gasteiger partial charge in [0.1, 0.15) is 0 Å². The number of carbonyl (C=O) groups excluding carboxylic acids is 2. The summed E-state index contributed by atoms with van der Waals surface area (Å²) < 4.78 is 0. The first kappa shape index (κ1) is 18.8. The molecule has 1 heterocycles. The Balaban J connectivity index is 1.90. The topological polar surface area (TPSA) is 98.7 Å². The van der Waals surface area contributed by atoms with Gasteiger partial charge in [0.05, 0.1) is 5.56 Å². The molecule has 1 atom stereocenters. The first-order valence-electron chi connectivity index (χ1n) is 8.64. The lowest BCUT2D eigenvalue weighted by atomic mass is 9.99. The van der Waals surface area contributed by atoms with Crippen LogP contribution in [0.25, 0.3) is 0 Å². The van der Waals surface area contributed by atoms with Gasteiger partial charge in [-0.2, -0.15) is 0 Å². The van der Waals surface area contributed by atoms with Crippen LogP contribution >= 0.6 is 0 Å². The minimum absolute atomic E-state index is 0.0311. The van der Waals surface area contributed by atoms with Crippen LogP contribution in [0, 0.1) is 0 Å². The Morgan fingerprint density at radius 1 is 1.16 bits per heavy atom. The zero-order valence-corrected chi connectivity index (χ0v) is 14.5. The van der Waals surface area contributed by atoms with Crippen LogP contribution in [0.4, 0.5) is 4.79 Å². The second kappa shape index (κ2) is 9.05. The molecule has 1 aliphatic rings. The van der Waals surface area contributed by atoms with E-state index < -0.39 is 5.97 Å². The van der Waals surface area contributed by atoms with E-state index in [-0.39, 0.29) is 23.5 Å². The summed E-state index contributed by atoms with van der Waals surface area (Å²) in [4.78, 5) is 36.9. The van der Waals surface area contributed by atoms with Crippen molar-refractivity contribution in [2.24, 2.45) is 0 Å². The van der Waals surface area contributed by atoms with Crippen LogP contribution in [0.1, 0.15) is 48.5 Å². The summed E-state index contributed by atoms with van der Waals surface area (Å²) in [5.74, 6) is -1.01. The van der Waals surface area contributed by atoms with Crippen molar-refractivity contribution in [1.82, 2.24) is 15.5 Å². The van der Waals surface area contributed by atoms with Crippen LogP contribution in [0.15, 0.2) is 24.3 Å². The SMILES string of the molecule is CCNC(=O)CC1CCCCN1C(=O)NCc1ccc(C(=O)O)cc1. The van der Waals surface area contributed by atoms with Crippen LogP contribution in [-0.4, -0.2) is 47.0 Å². The van der Waals surface area contributed by atoms with Gasteiger partial charge in [-0.25, -0.2) is 9.59 Å². The van der Waals surface area contributed by atoms with Gasteiger partial charge in [-0.3, -0.25) is 4.79 Å². The average Bonchev–Trinajstić information content (AvgIpc) is 2.60. The van der Waals surface area contributed by atoms with Crippen molar-refractivity contribution in [2.45, 2.75) is 45.2 Å². The minimum atomic E-state index is -0.975. The molecule has 0 spiro atoms. The number of nitrogens with one attached hydrogen (secondary N) is 2. The fraction of sp³-hybridized carbons (Fsp3) is 0.500. The van der Waals surface area contributed by atoms with E-state index in [1.807, 2.05) is 6.92 Å². The van der Waals surface area contributed by atoms with Gasteiger partial charge in [-0.1, -0.05) is 12.1 Å². The third-order valence-corrected chi connectivity index (χ3v) is 4.33. The lowest BCUT2D eigenvalue weighted by molar-refractivity contribution is -0.122. The third-order valence-electron chi connectivity index (χ3n) is 4.33. The van der Waals surface area contributed by atoms with Crippen molar-refractivity contribution in [3.05, 3.63) is 35.4 Å². The van der Waals surface area contributed by atoms with Crippen LogP contribution in [0.2, 0.25) is 0 Å². The Kier molecular flexibility index (Phi) is 6.80. The molecule has 1 aromatic rings. The van der Waals surface area contributed by atoms with E-state index in [1.54, 1.807) is 17.0 Å². The maximum absolute atomic E-state index is 12.5. The van der Waals surface area contributed by atoms with E-state index in [2.05, 4.69) is 10.6 Å². The molecule has 1 saturated heterocycles. The lowest BCUT2D eigenvalue weighted by Gasteiger charge is -2.35. The molecule has 0 aliphatic carbocycles. The second-order valence-corrected chi connectivity index (χ2v) is 6.16. The number of carbonyl (C=O) groups is 3. The smallest absolute Gasteiger partial charge is 0.335 e. The summed E-state index contributed by atoms with van der Waals surface area (Å²) in [6.07, 6.45) is 3.11. The van der Waals surface area contributed by atoms with E-state index in [1.165, 1.54) is 12.1 Å². The van der Waals surface area contributed by atoms with Gasteiger partial charge in [-0.15, -0.1) is 0 Å². The molecule has 136 valence electrons. The van der Waals surface area contributed by atoms with Gasteiger partial charge >= 0.3 is 12.0 Å². The summed E-state index contributed by atoms with van der Waals surface area (Å²) in [6.45, 7) is 3.43. The van der Waals surface area contributed by atoms with Crippen molar-refractivity contribution >= 4 is 17.9 Å². The highest BCUT2D eigenvalue weighted by molar-refractivity contribution is 5.87. The van der Waals surface area contributed by atoms with E-state index in [4.69, 9.17) is 5.11 Å². The fourth-order valence-corrected chi connectivity index (χ4v) is 3.01. The molecule has 7 heteroatoms. The van der Waals surface area contributed by atoms with Gasteiger partial charge in [0.25, 0.3) is 0 Å². The molecule has 25 heavy (non-hydrogen) atoms. The molecule has 1 fully saturated rings. The predicted molar refractivity (Wildman–Crippen MR) is 93.3 cm³/mol. The highest BCUT2D eigenvalue weighted by Crippen LogP contribution is 2.20. The standard InChI is InChI=1S/C18H25N3O4/c1-2-19-16(22)11-15-5-3-4-10-21(15)18(25)20-12-13-6-8-14(9-7-13)17(23)24/h6-9,15H,2-5,10-12H2,1H3,(H,19,22)(H,20,25)(H,23,24). The van der Waals surface area contributed by atoms with E-state index in [0.29, 0.717) is 26.1 Å². The minimum Gasteiger partial charge on any atom is -0.478 e. The summed E-state index contributed by atoms with van der Waals surface area (Å²) in [5.41, 5.74) is 1.05. The summed E-state index contributed by atoms with van der Waals surface area (Å²) in [6, 6.07) is 6.15. The quantitative estimate of drug-likeness (QED) is 0.733. The first-order chi connectivity index (χ1) is 12.0. The Bertz CT molecular complexity index is 615. The number of carboxylic acid groups (broad SMARTS) is 1. The zero-order valence-electron chi connectivity index (χ0n) is 14.5. The fourth-order valence-electron chi connectivity index (χ4n) is 3.01. The maximum Gasteiger partial charge on any atom is 0.335 e. The highest BCUT2D eigenvalue weighted by atomic mass is 16.4. The number of likely N-dealkylation sites (tertiary alicyclic amines) is 1. The summed E-state index contributed by atoms with van der Waals surface area (Å²) in [7, 11) is 0. The summed E-state index contributed by atoms with van der Waals surface area (Å²) >= 11 is 0. The van der Waals surface area contributed by atoms with E-state index >= 15 is 0 Å². The van der Waals surface area contributed by atoms with Gasteiger partial charge in [0, 0.05) is 32.1 Å². The van der Waals surface area contributed by atoms with Crippen LogP contribution in [-0.2, 0) is 11.3 Å². The van der Waals surface area contributed by atoms with Crippen molar-refractivity contribution in [2.75, 3.05) is 13.1 Å². The zero-order chi connectivity index (χ0) is 18.2. The number of hydrogen-bond donors (Lipinski definition) is 3. The molecular weight excluding hydrogens is 322 g/mol. The molecule has 0 radical (unpaired) electrons. The molecular formula is C18H25N3O4. The van der Waals surface area contributed by atoms with E-state index in [9.17, 15) is 14.4 Å². The molecule has 2 rings (SSSR count). The van der Waals surface area contributed by atoms with Crippen LogP contribution in [0.5, 0.6) is 0 Å². The predicted octanol–water partition coefficient (Wildman–Crippen LogP) is 1.98. The number of piperidine rings is 1. The summed E-state index contributed by atoms with van der Waals surface area (Å²) in [5, 5.41) is 14.5.